The van der Waals surface area contributed by atoms with Crippen LogP contribution in [-0.2, 0) is 0 Å². The van der Waals surface area contributed by atoms with Crippen molar-refractivity contribution in [2.45, 2.75) is 38.5 Å². The van der Waals surface area contributed by atoms with Gasteiger partial charge in [0.2, 0.25) is 0 Å². The molecule has 0 saturated heterocycles. The van der Waals surface area contributed by atoms with Gasteiger partial charge in [-0.15, -0.1) is 11.8 Å². The smallest absolute Gasteiger partial charge is 0.0817 e. The van der Waals surface area contributed by atoms with Crippen LogP contribution in [0.2, 0.25) is 0 Å². The van der Waals surface area contributed by atoms with Crippen molar-refractivity contribution in [3.63, 3.8) is 0 Å². The highest BCUT2D eigenvalue weighted by atomic mass is 127. The van der Waals surface area contributed by atoms with Gasteiger partial charge in [0.1, 0.15) is 0 Å². The van der Waals surface area contributed by atoms with Crippen LogP contribution in [0.4, 0.5) is 0 Å². The third-order valence-electron chi connectivity index (χ3n) is 5.29. The number of thioether (sulfide) groups is 2. The molecule has 4 heteroatoms. The highest BCUT2D eigenvalue weighted by Crippen LogP contribution is 2.66. The molecule has 4 aliphatic carbocycles. The van der Waals surface area contributed by atoms with E-state index in [9.17, 15) is 0 Å². The van der Waals surface area contributed by atoms with Gasteiger partial charge in [-0.3, -0.25) is 0 Å². The molecule has 1 aliphatic heterocycles. The fourth-order valence-corrected chi connectivity index (χ4v) is 12.5. The van der Waals surface area contributed by atoms with Gasteiger partial charge < -0.3 is 0 Å². The van der Waals surface area contributed by atoms with Crippen LogP contribution < -0.4 is 0 Å². The fourth-order valence-electron chi connectivity index (χ4n) is 5.06. The Morgan fingerprint density at radius 2 is 1.78 bits per heavy atom. The number of halogens is 1. The van der Waals surface area contributed by atoms with Crippen LogP contribution in [0, 0.1) is 23.2 Å². The topological polar surface area (TPSA) is 0 Å². The minimum absolute atomic E-state index is 0.397. The molecule has 0 aromatic heterocycles. The molecule has 1 atom stereocenters. The highest BCUT2D eigenvalue weighted by Gasteiger charge is 2.53. The van der Waals surface area contributed by atoms with E-state index in [0.29, 0.717) is 13.1 Å². The molecular weight excluding hydrogens is 391 g/mol. The molecule has 5 aliphatic rings. The molecule has 0 nitrogen and oxygen atoms in total. The molecule has 1 heterocycles. The van der Waals surface area contributed by atoms with E-state index in [0.717, 1.165) is 17.8 Å². The molecular formula is C14H19IS3. The van der Waals surface area contributed by atoms with Crippen LogP contribution in [0.15, 0.2) is 10.3 Å². The van der Waals surface area contributed by atoms with E-state index < -0.39 is 0 Å². The second-order valence-corrected chi connectivity index (χ2v) is 13.2. The fraction of sp³-hybridized carbons (Fsp3) is 0.786. The second-order valence-electron chi connectivity index (χ2n) is 6.52. The van der Waals surface area contributed by atoms with Crippen LogP contribution in [0.25, 0.3) is 0 Å². The lowest BCUT2D eigenvalue weighted by molar-refractivity contribution is -0.0256. The Kier molecular flexibility index (Phi) is 3.42. The van der Waals surface area contributed by atoms with E-state index in [1.807, 2.05) is 11.8 Å². The maximum Gasteiger partial charge on any atom is 0.0817 e. The van der Waals surface area contributed by atoms with Gasteiger partial charge in [-0.25, -0.2) is 0 Å². The van der Waals surface area contributed by atoms with Crippen LogP contribution in [-0.4, -0.2) is 9.78 Å². The lowest BCUT2D eigenvalue weighted by Gasteiger charge is -2.57. The molecule has 0 radical (unpaired) electrons. The Bertz CT molecular complexity index is 417. The first-order valence-electron chi connectivity index (χ1n) is 6.89. The van der Waals surface area contributed by atoms with Crippen LogP contribution >= 0.6 is 52.4 Å². The van der Waals surface area contributed by atoms with Crippen molar-refractivity contribution < 1.29 is 0 Å². The summed E-state index contributed by atoms with van der Waals surface area (Å²) < 4.78 is 1.65. The van der Waals surface area contributed by atoms with Gasteiger partial charge in [-0.1, -0.05) is 19.4 Å². The summed E-state index contributed by atoms with van der Waals surface area (Å²) in [6, 6.07) is 0. The number of hydrogen-bond donors (Lipinski definition) is 0. The van der Waals surface area contributed by atoms with Crippen molar-refractivity contribution in [1.82, 2.24) is 0 Å². The molecule has 0 aromatic carbocycles. The Labute approximate surface area is 133 Å². The summed E-state index contributed by atoms with van der Waals surface area (Å²) in [5, 5.41) is 2.63. The van der Waals surface area contributed by atoms with E-state index in [-0.39, 0.29) is 0 Å². The zero-order chi connectivity index (χ0) is 12.3. The second kappa shape index (κ2) is 4.70. The van der Waals surface area contributed by atoms with Crippen molar-refractivity contribution >= 4 is 55.9 Å². The number of rotatable bonds is 1. The molecule has 4 fully saturated rings. The predicted molar refractivity (Wildman–Crippen MR) is 96.4 cm³/mol. The van der Waals surface area contributed by atoms with E-state index in [1.165, 1.54) is 19.3 Å². The zero-order valence-corrected chi connectivity index (χ0v) is 15.3. The number of allylic oxidation sites excluding steroid dienone is 1. The van der Waals surface area contributed by atoms with Gasteiger partial charge >= 0.3 is 0 Å². The van der Waals surface area contributed by atoms with Gasteiger partial charge in [-0.05, 0) is 89.1 Å². The first-order valence-corrected chi connectivity index (χ1v) is 12.8. The Balaban J connectivity index is 1.64. The van der Waals surface area contributed by atoms with Gasteiger partial charge in [0.15, 0.2) is 0 Å². The minimum atomic E-state index is 0.397. The standard InChI is InChI=1S/C14H19IS3/c1-16-13-17-12(8-18(13)15)14-5-9-2-10(6-14)4-11(3-9)7-14/h8-11H,2-7H2,1H3. The lowest BCUT2D eigenvalue weighted by Crippen LogP contribution is -2.46. The molecule has 0 amide bonds. The normalized spacial score (nSPS) is 49.9. The first-order chi connectivity index (χ1) is 8.68. The Hall–Kier alpha value is 1.39. The van der Waals surface area contributed by atoms with E-state index in [1.54, 1.807) is 27.7 Å². The molecule has 4 saturated carbocycles. The summed E-state index contributed by atoms with van der Waals surface area (Å²) in [4.78, 5) is 1.78. The molecule has 0 N–H and O–H groups in total. The van der Waals surface area contributed by atoms with Gasteiger partial charge in [-0.2, -0.15) is 0 Å². The summed E-state index contributed by atoms with van der Waals surface area (Å²) in [5.74, 6) is 3.23. The zero-order valence-electron chi connectivity index (χ0n) is 10.7. The molecule has 4 bridgehead atoms. The third kappa shape index (κ3) is 2.00. The van der Waals surface area contributed by atoms with Crippen molar-refractivity contribution in [3.8, 4) is 0 Å². The van der Waals surface area contributed by atoms with E-state index >= 15 is 0 Å². The minimum Gasteiger partial charge on any atom is -0.115 e. The summed E-state index contributed by atoms with van der Waals surface area (Å²) in [7, 11) is 0.397. The highest BCUT2D eigenvalue weighted by molar-refractivity contribution is 14.2. The van der Waals surface area contributed by atoms with Crippen molar-refractivity contribution in [3.05, 3.63) is 10.3 Å². The van der Waals surface area contributed by atoms with Crippen molar-refractivity contribution in [1.29, 1.82) is 0 Å². The largest absolute Gasteiger partial charge is 0.115 e. The summed E-state index contributed by atoms with van der Waals surface area (Å²) in [6.45, 7) is 0. The quantitative estimate of drug-likeness (QED) is 0.392. The number of hydrogen-bond acceptors (Lipinski definition) is 2. The van der Waals surface area contributed by atoms with Crippen LogP contribution in [0.5, 0.6) is 0 Å². The first kappa shape index (κ1) is 13.1. The average Bonchev–Trinajstić information content (AvgIpc) is 2.69. The maximum atomic E-state index is 2.64. The van der Waals surface area contributed by atoms with E-state index in [2.05, 4.69) is 44.6 Å². The average molecular weight is 410 g/mol. The molecule has 0 spiro atoms. The maximum absolute atomic E-state index is 2.64. The summed E-state index contributed by atoms with van der Waals surface area (Å²) in [5.41, 5.74) is 0.632. The van der Waals surface area contributed by atoms with Crippen LogP contribution in [0.1, 0.15) is 38.5 Å². The third-order valence-corrected chi connectivity index (χ3v) is 13.9. The van der Waals surface area contributed by atoms with Gasteiger partial charge in [0, 0.05) is 10.3 Å². The lowest BCUT2D eigenvalue weighted by atomic mass is 9.49. The molecule has 100 valence electrons. The predicted octanol–water partition coefficient (Wildman–Crippen LogP) is 5.86. The molecule has 18 heavy (non-hydrogen) atoms. The van der Waals surface area contributed by atoms with Crippen molar-refractivity contribution in [2.75, 3.05) is 6.26 Å². The monoisotopic (exact) mass is 410 g/mol. The summed E-state index contributed by atoms with van der Waals surface area (Å²) >= 11 is 6.77. The van der Waals surface area contributed by atoms with Gasteiger partial charge in [0.05, 0.1) is 3.53 Å². The van der Waals surface area contributed by atoms with Crippen LogP contribution in [0.3, 0.4) is 0 Å². The summed E-state index contributed by atoms with van der Waals surface area (Å²) in [6.07, 6.45) is 11.5. The Morgan fingerprint density at radius 3 is 2.22 bits per heavy atom. The molecule has 0 aromatic rings. The van der Waals surface area contributed by atoms with Gasteiger partial charge in [0.25, 0.3) is 0 Å². The molecule has 5 rings (SSSR count). The molecule has 1 unspecified atom stereocenters. The van der Waals surface area contributed by atoms with Crippen molar-refractivity contribution in [2.24, 2.45) is 23.2 Å². The van der Waals surface area contributed by atoms with E-state index in [4.69, 9.17) is 0 Å². The SMILES string of the molecule is CSC1=S(I)C=C(C23CC4CC(CC(C4)C2)C3)S1. The Morgan fingerprint density at radius 1 is 1.22 bits per heavy atom.